The molecule has 0 radical (unpaired) electrons. The standard InChI is InChI=1S/C20H24N4O2/c1-25-14-13-23-12-8-17-18(23)3-2-4-19(17)26-16-6-10-24(11-7-16)20-5-9-21-15-22-20/h2-5,8-9,12,15-16H,6-7,10-11,13-14H2,1H3. The first-order valence-electron chi connectivity index (χ1n) is 9.09. The van der Waals surface area contributed by atoms with Crippen LogP contribution in [0, 0.1) is 0 Å². The molecular weight excluding hydrogens is 328 g/mol. The predicted molar refractivity (Wildman–Crippen MR) is 102 cm³/mol. The molecule has 6 nitrogen and oxygen atoms in total. The highest BCUT2D eigenvalue weighted by Crippen LogP contribution is 2.29. The van der Waals surface area contributed by atoms with Gasteiger partial charge in [0.2, 0.25) is 0 Å². The molecule has 0 bridgehead atoms. The third kappa shape index (κ3) is 3.51. The van der Waals surface area contributed by atoms with E-state index in [9.17, 15) is 0 Å². The lowest BCUT2D eigenvalue weighted by Crippen LogP contribution is -2.38. The largest absolute Gasteiger partial charge is 0.490 e. The summed E-state index contributed by atoms with van der Waals surface area (Å²) in [7, 11) is 1.73. The van der Waals surface area contributed by atoms with Gasteiger partial charge in [0.25, 0.3) is 0 Å². The fourth-order valence-electron chi connectivity index (χ4n) is 3.54. The van der Waals surface area contributed by atoms with Crippen LogP contribution in [0.5, 0.6) is 5.75 Å². The Balaban J connectivity index is 1.43. The van der Waals surface area contributed by atoms with Crippen molar-refractivity contribution in [3.05, 3.63) is 49.1 Å². The van der Waals surface area contributed by atoms with E-state index in [1.807, 2.05) is 6.07 Å². The van der Waals surface area contributed by atoms with Crippen molar-refractivity contribution in [2.45, 2.75) is 25.5 Å². The quantitative estimate of drug-likeness (QED) is 0.682. The van der Waals surface area contributed by atoms with Crippen LogP contribution in [0.2, 0.25) is 0 Å². The first-order valence-corrected chi connectivity index (χ1v) is 9.09. The molecule has 2 aromatic heterocycles. The minimum Gasteiger partial charge on any atom is -0.490 e. The molecule has 1 aliphatic rings. The molecule has 0 amide bonds. The van der Waals surface area contributed by atoms with Crippen molar-refractivity contribution in [1.82, 2.24) is 14.5 Å². The van der Waals surface area contributed by atoms with Crippen molar-refractivity contribution < 1.29 is 9.47 Å². The minimum atomic E-state index is 0.237. The zero-order valence-electron chi connectivity index (χ0n) is 15.0. The second-order valence-corrected chi connectivity index (χ2v) is 6.56. The van der Waals surface area contributed by atoms with Gasteiger partial charge in [-0.3, -0.25) is 0 Å². The fourth-order valence-corrected chi connectivity index (χ4v) is 3.54. The molecular formula is C20H24N4O2. The summed E-state index contributed by atoms with van der Waals surface area (Å²) in [5.74, 6) is 1.97. The Hall–Kier alpha value is -2.60. The zero-order valence-corrected chi connectivity index (χ0v) is 15.0. The summed E-state index contributed by atoms with van der Waals surface area (Å²) in [4.78, 5) is 10.6. The van der Waals surface area contributed by atoms with E-state index in [4.69, 9.17) is 9.47 Å². The average Bonchev–Trinajstić information content (AvgIpc) is 3.12. The van der Waals surface area contributed by atoms with Crippen LogP contribution in [0.25, 0.3) is 10.9 Å². The molecule has 0 N–H and O–H groups in total. The Bertz CT molecular complexity index is 841. The number of methoxy groups -OCH3 is 1. The van der Waals surface area contributed by atoms with Crippen LogP contribution in [-0.4, -0.2) is 47.4 Å². The van der Waals surface area contributed by atoms with Gasteiger partial charge in [-0.15, -0.1) is 0 Å². The molecule has 3 heterocycles. The highest BCUT2D eigenvalue weighted by Gasteiger charge is 2.22. The molecule has 0 spiro atoms. The molecule has 0 atom stereocenters. The van der Waals surface area contributed by atoms with Crippen LogP contribution in [0.4, 0.5) is 5.82 Å². The van der Waals surface area contributed by atoms with E-state index in [0.717, 1.165) is 44.0 Å². The topological polar surface area (TPSA) is 52.4 Å². The van der Waals surface area contributed by atoms with Gasteiger partial charge in [-0.05, 0) is 24.3 Å². The highest BCUT2D eigenvalue weighted by molar-refractivity contribution is 5.86. The van der Waals surface area contributed by atoms with Crippen LogP contribution in [-0.2, 0) is 11.3 Å². The van der Waals surface area contributed by atoms with Crippen LogP contribution >= 0.6 is 0 Å². The van der Waals surface area contributed by atoms with Gasteiger partial charge in [0.15, 0.2) is 0 Å². The summed E-state index contributed by atoms with van der Waals surface area (Å²) < 4.78 is 13.8. The molecule has 6 heteroatoms. The van der Waals surface area contributed by atoms with Gasteiger partial charge >= 0.3 is 0 Å². The van der Waals surface area contributed by atoms with E-state index in [2.05, 4.69) is 49.9 Å². The Morgan fingerprint density at radius 2 is 2.04 bits per heavy atom. The Labute approximate surface area is 153 Å². The molecule has 4 rings (SSSR count). The summed E-state index contributed by atoms with van der Waals surface area (Å²) >= 11 is 0. The lowest BCUT2D eigenvalue weighted by atomic mass is 10.1. The first kappa shape index (κ1) is 16.8. The normalized spacial score (nSPS) is 15.5. The first-order chi connectivity index (χ1) is 12.8. The Morgan fingerprint density at radius 3 is 2.81 bits per heavy atom. The van der Waals surface area contributed by atoms with Crippen molar-refractivity contribution in [3.8, 4) is 5.75 Å². The van der Waals surface area contributed by atoms with Crippen molar-refractivity contribution in [2.24, 2.45) is 0 Å². The number of rotatable bonds is 6. The van der Waals surface area contributed by atoms with E-state index in [1.54, 1.807) is 19.6 Å². The van der Waals surface area contributed by atoms with Gasteiger partial charge in [-0.2, -0.15) is 0 Å². The fraction of sp³-hybridized carbons (Fsp3) is 0.400. The number of hydrogen-bond donors (Lipinski definition) is 0. The molecule has 3 aromatic rings. The molecule has 1 aromatic carbocycles. The van der Waals surface area contributed by atoms with Crippen molar-refractivity contribution in [3.63, 3.8) is 0 Å². The smallest absolute Gasteiger partial charge is 0.131 e. The van der Waals surface area contributed by atoms with E-state index in [1.165, 1.54) is 10.9 Å². The van der Waals surface area contributed by atoms with Crippen molar-refractivity contribution in [1.29, 1.82) is 0 Å². The van der Waals surface area contributed by atoms with Gasteiger partial charge in [0.05, 0.1) is 12.1 Å². The van der Waals surface area contributed by atoms with Crippen molar-refractivity contribution in [2.75, 3.05) is 31.7 Å². The number of nitrogens with zero attached hydrogens (tertiary/aromatic N) is 4. The van der Waals surface area contributed by atoms with Crippen LogP contribution in [0.1, 0.15) is 12.8 Å². The summed E-state index contributed by atoms with van der Waals surface area (Å²) in [6.45, 7) is 3.45. The second-order valence-electron chi connectivity index (χ2n) is 6.56. The summed E-state index contributed by atoms with van der Waals surface area (Å²) in [5.41, 5.74) is 1.19. The van der Waals surface area contributed by atoms with Crippen LogP contribution in [0.15, 0.2) is 49.1 Å². The number of piperidine rings is 1. The summed E-state index contributed by atoms with van der Waals surface area (Å²) in [5, 5.41) is 1.17. The number of hydrogen-bond acceptors (Lipinski definition) is 5. The number of anilines is 1. The van der Waals surface area contributed by atoms with Gasteiger partial charge in [-0.25, -0.2) is 9.97 Å². The number of benzene rings is 1. The SMILES string of the molecule is COCCn1ccc2c(OC3CCN(c4ccncn4)CC3)cccc21. The maximum Gasteiger partial charge on any atom is 0.131 e. The maximum absolute atomic E-state index is 6.37. The van der Waals surface area contributed by atoms with Gasteiger partial charge in [0.1, 0.15) is 24.0 Å². The van der Waals surface area contributed by atoms with Gasteiger partial charge in [-0.1, -0.05) is 6.07 Å². The second kappa shape index (κ2) is 7.74. The predicted octanol–water partition coefficient (Wildman–Crippen LogP) is 3.13. The van der Waals surface area contributed by atoms with E-state index in [0.29, 0.717) is 6.61 Å². The lowest BCUT2D eigenvalue weighted by molar-refractivity contribution is 0.173. The van der Waals surface area contributed by atoms with Gasteiger partial charge < -0.3 is 18.9 Å². The monoisotopic (exact) mass is 352 g/mol. The molecule has 1 fully saturated rings. The molecule has 26 heavy (non-hydrogen) atoms. The summed E-state index contributed by atoms with van der Waals surface area (Å²) in [6.07, 6.45) is 7.72. The maximum atomic E-state index is 6.37. The highest BCUT2D eigenvalue weighted by atomic mass is 16.5. The third-order valence-corrected chi connectivity index (χ3v) is 4.94. The molecule has 1 saturated heterocycles. The van der Waals surface area contributed by atoms with Gasteiger partial charge in [0, 0.05) is 57.4 Å². The zero-order chi connectivity index (χ0) is 17.8. The van der Waals surface area contributed by atoms with Crippen LogP contribution in [0.3, 0.4) is 0 Å². The average molecular weight is 352 g/mol. The molecule has 1 aliphatic heterocycles. The number of ether oxygens (including phenoxy) is 2. The molecule has 0 aliphatic carbocycles. The Kier molecular flexibility index (Phi) is 5.02. The third-order valence-electron chi connectivity index (χ3n) is 4.94. The minimum absolute atomic E-state index is 0.237. The molecule has 136 valence electrons. The van der Waals surface area contributed by atoms with E-state index in [-0.39, 0.29) is 6.10 Å². The van der Waals surface area contributed by atoms with E-state index < -0.39 is 0 Å². The number of fused-ring (bicyclic) bond motifs is 1. The lowest BCUT2D eigenvalue weighted by Gasteiger charge is -2.32. The van der Waals surface area contributed by atoms with Crippen LogP contribution < -0.4 is 9.64 Å². The van der Waals surface area contributed by atoms with E-state index >= 15 is 0 Å². The molecule has 0 saturated carbocycles. The molecule has 0 unspecified atom stereocenters. The van der Waals surface area contributed by atoms with Crippen molar-refractivity contribution >= 4 is 16.7 Å². The Morgan fingerprint density at radius 1 is 1.15 bits per heavy atom. The summed E-state index contributed by atoms with van der Waals surface area (Å²) in [6, 6.07) is 10.4. The number of aromatic nitrogens is 3.